The Bertz CT molecular complexity index is 565. The molecule has 0 bridgehead atoms. The number of benzene rings is 2. The van der Waals surface area contributed by atoms with E-state index in [9.17, 15) is 4.79 Å². The molecule has 1 fully saturated rings. The lowest BCUT2D eigenvalue weighted by Gasteiger charge is -2.16. The Labute approximate surface area is 108 Å². The normalized spacial score (nSPS) is 20.9. The van der Waals surface area contributed by atoms with E-state index in [0.717, 1.165) is 25.7 Å². The Morgan fingerprint density at radius 3 is 2.72 bits per heavy atom. The van der Waals surface area contributed by atoms with Crippen molar-refractivity contribution in [3.63, 3.8) is 0 Å². The molecule has 18 heavy (non-hydrogen) atoms. The van der Waals surface area contributed by atoms with Gasteiger partial charge in [-0.1, -0.05) is 48.9 Å². The first-order chi connectivity index (χ1) is 8.84. The SMILES string of the molecule is O=C1CCCCC(c2cccc3ccccc23)C1. The summed E-state index contributed by atoms with van der Waals surface area (Å²) in [5.74, 6) is 0.858. The second-order valence-electron chi connectivity index (χ2n) is 5.25. The molecule has 0 amide bonds. The first-order valence-electron chi connectivity index (χ1n) is 6.84. The largest absolute Gasteiger partial charge is 0.300 e. The average Bonchev–Trinajstić information content (AvgIpc) is 2.63. The van der Waals surface area contributed by atoms with E-state index in [2.05, 4.69) is 42.5 Å². The molecular formula is C17H18O. The van der Waals surface area contributed by atoms with Crippen LogP contribution in [-0.4, -0.2) is 5.78 Å². The predicted octanol–water partition coefficient (Wildman–Crippen LogP) is 4.46. The molecule has 0 aliphatic heterocycles. The molecule has 0 heterocycles. The fourth-order valence-electron chi connectivity index (χ4n) is 3.06. The summed E-state index contributed by atoms with van der Waals surface area (Å²) in [6, 6.07) is 15.0. The second-order valence-corrected chi connectivity index (χ2v) is 5.25. The van der Waals surface area contributed by atoms with E-state index < -0.39 is 0 Å². The van der Waals surface area contributed by atoms with Crippen LogP contribution in [0, 0.1) is 0 Å². The van der Waals surface area contributed by atoms with E-state index >= 15 is 0 Å². The topological polar surface area (TPSA) is 17.1 Å². The molecule has 1 heteroatoms. The van der Waals surface area contributed by atoms with Gasteiger partial charge in [-0.15, -0.1) is 0 Å². The number of rotatable bonds is 1. The Morgan fingerprint density at radius 2 is 1.78 bits per heavy atom. The molecule has 3 rings (SSSR count). The van der Waals surface area contributed by atoms with Crippen LogP contribution in [0.15, 0.2) is 42.5 Å². The van der Waals surface area contributed by atoms with Crippen LogP contribution in [-0.2, 0) is 4.79 Å². The van der Waals surface area contributed by atoms with Crippen LogP contribution in [0.3, 0.4) is 0 Å². The number of hydrogen-bond donors (Lipinski definition) is 0. The van der Waals surface area contributed by atoms with Crippen LogP contribution in [0.2, 0.25) is 0 Å². The molecule has 1 nitrogen and oxygen atoms in total. The lowest BCUT2D eigenvalue weighted by atomic mass is 9.88. The third-order valence-electron chi connectivity index (χ3n) is 4.00. The lowest BCUT2D eigenvalue weighted by molar-refractivity contribution is -0.119. The van der Waals surface area contributed by atoms with Crippen molar-refractivity contribution >= 4 is 16.6 Å². The molecular weight excluding hydrogens is 220 g/mol. The number of carbonyl (C=O) groups excluding carboxylic acids is 1. The van der Waals surface area contributed by atoms with Crippen molar-refractivity contribution in [2.24, 2.45) is 0 Å². The van der Waals surface area contributed by atoms with Crippen LogP contribution in [0.1, 0.15) is 43.6 Å². The van der Waals surface area contributed by atoms with Crippen LogP contribution in [0.5, 0.6) is 0 Å². The molecule has 2 aromatic carbocycles. The van der Waals surface area contributed by atoms with Gasteiger partial charge in [-0.2, -0.15) is 0 Å². The fraction of sp³-hybridized carbons (Fsp3) is 0.353. The van der Waals surface area contributed by atoms with Gasteiger partial charge in [0.15, 0.2) is 0 Å². The molecule has 1 aliphatic rings. The first-order valence-corrected chi connectivity index (χ1v) is 6.84. The minimum absolute atomic E-state index is 0.422. The van der Waals surface area contributed by atoms with Gasteiger partial charge < -0.3 is 0 Å². The number of fused-ring (bicyclic) bond motifs is 1. The van der Waals surface area contributed by atoms with Gasteiger partial charge in [0.25, 0.3) is 0 Å². The van der Waals surface area contributed by atoms with Crippen molar-refractivity contribution in [2.75, 3.05) is 0 Å². The lowest BCUT2D eigenvalue weighted by Crippen LogP contribution is -2.04. The zero-order valence-corrected chi connectivity index (χ0v) is 10.6. The molecule has 1 saturated carbocycles. The summed E-state index contributed by atoms with van der Waals surface area (Å²) in [4.78, 5) is 11.8. The maximum Gasteiger partial charge on any atom is 0.133 e. The Balaban J connectivity index is 2.05. The minimum atomic E-state index is 0.422. The Morgan fingerprint density at radius 1 is 0.944 bits per heavy atom. The minimum Gasteiger partial charge on any atom is -0.300 e. The second kappa shape index (κ2) is 4.93. The molecule has 1 unspecified atom stereocenters. The van der Waals surface area contributed by atoms with Gasteiger partial charge in [0.1, 0.15) is 5.78 Å². The van der Waals surface area contributed by atoms with E-state index in [-0.39, 0.29) is 0 Å². The van der Waals surface area contributed by atoms with Crippen molar-refractivity contribution < 1.29 is 4.79 Å². The van der Waals surface area contributed by atoms with Gasteiger partial charge in [-0.25, -0.2) is 0 Å². The van der Waals surface area contributed by atoms with Crippen LogP contribution < -0.4 is 0 Å². The van der Waals surface area contributed by atoms with E-state index in [0.29, 0.717) is 11.7 Å². The summed E-state index contributed by atoms with van der Waals surface area (Å²) in [5, 5.41) is 2.60. The third kappa shape index (κ3) is 2.17. The summed E-state index contributed by atoms with van der Waals surface area (Å²) in [5.41, 5.74) is 1.36. The summed E-state index contributed by atoms with van der Waals surface area (Å²) < 4.78 is 0. The highest BCUT2D eigenvalue weighted by Crippen LogP contribution is 2.34. The molecule has 1 atom stereocenters. The molecule has 0 N–H and O–H groups in total. The summed E-state index contributed by atoms with van der Waals surface area (Å²) >= 11 is 0. The monoisotopic (exact) mass is 238 g/mol. The van der Waals surface area contributed by atoms with E-state index in [1.54, 1.807) is 0 Å². The van der Waals surface area contributed by atoms with E-state index in [4.69, 9.17) is 0 Å². The average molecular weight is 238 g/mol. The zero-order valence-electron chi connectivity index (χ0n) is 10.6. The highest BCUT2D eigenvalue weighted by atomic mass is 16.1. The van der Waals surface area contributed by atoms with Gasteiger partial charge in [0.2, 0.25) is 0 Å². The fourth-order valence-corrected chi connectivity index (χ4v) is 3.06. The van der Waals surface area contributed by atoms with Gasteiger partial charge >= 0.3 is 0 Å². The van der Waals surface area contributed by atoms with Crippen LogP contribution in [0.4, 0.5) is 0 Å². The number of ketones is 1. The zero-order chi connectivity index (χ0) is 12.4. The van der Waals surface area contributed by atoms with Crippen molar-refractivity contribution in [3.05, 3.63) is 48.0 Å². The highest BCUT2D eigenvalue weighted by molar-refractivity contribution is 5.87. The standard InChI is InChI=1S/C17H18O/c18-15-9-3-1-7-14(12-15)17-11-5-8-13-6-2-4-10-16(13)17/h2,4-6,8,10-11,14H,1,3,7,9,12H2. The van der Waals surface area contributed by atoms with Crippen molar-refractivity contribution in [1.82, 2.24) is 0 Å². The van der Waals surface area contributed by atoms with E-state index in [1.165, 1.54) is 22.8 Å². The molecule has 2 aromatic rings. The molecule has 92 valence electrons. The van der Waals surface area contributed by atoms with Gasteiger partial charge in [0.05, 0.1) is 0 Å². The highest BCUT2D eigenvalue weighted by Gasteiger charge is 2.20. The summed E-state index contributed by atoms with van der Waals surface area (Å²) in [6.45, 7) is 0. The van der Waals surface area contributed by atoms with E-state index in [1.807, 2.05) is 0 Å². The summed E-state index contributed by atoms with van der Waals surface area (Å²) in [7, 11) is 0. The first kappa shape index (κ1) is 11.5. The molecule has 1 aliphatic carbocycles. The quantitative estimate of drug-likeness (QED) is 0.670. The molecule has 0 aromatic heterocycles. The number of hydrogen-bond acceptors (Lipinski definition) is 1. The summed E-state index contributed by atoms with van der Waals surface area (Å²) in [6.07, 6.45) is 4.91. The molecule has 0 saturated heterocycles. The Kier molecular flexibility index (Phi) is 3.14. The number of carbonyl (C=O) groups is 1. The number of Topliss-reactive ketones (excluding diaryl/α,β-unsaturated/α-hetero) is 1. The molecule has 0 radical (unpaired) electrons. The van der Waals surface area contributed by atoms with Crippen molar-refractivity contribution in [2.45, 2.75) is 38.0 Å². The molecule has 0 spiro atoms. The van der Waals surface area contributed by atoms with Crippen molar-refractivity contribution in [3.8, 4) is 0 Å². The maximum atomic E-state index is 11.8. The van der Waals surface area contributed by atoms with Gasteiger partial charge in [0, 0.05) is 12.8 Å². The maximum absolute atomic E-state index is 11.8. The van der Waals surface area contributed by atoms with Gasteiger partial charge in [-0.05, 0) is 35.1 Å². The third-order valence-corrected chi connectivity index (χ3v) is 4.00. The predicted molar refractivity (Wildman–Crippen MR) is 74.8 cm³/mol. The van der Waals surface area contributed by atoms with Gasteiger partial charge in [-0.3, -0.25) is 4.79 Å². The van der Waals surface area contributed by atoms with Crippen LogP contribution >= 0.6 is 0 Å². The Hall–Kier alpha value is -1.63. The van der Waals surface area contributed by atoms with Crippen molar-refractivity contribution in [1.29, 1.82) is 0 Å². The van der Waals surface area contributed by atoms with Crippen LogP contribution in [0.25, 0.3) is 10.8 Å². The smallest absolute Gasteiger partial charge is 0.133 e.